The van der Waals surface area contributed by atoms with Gasteiger partial charge < -0.3 is 9.84 Å². The monoisotopic (exact) mass is 234 g/mol. The maximum Gasteiger partial charge on any atom is 0.339 e. The first kappa shape index (κ1) is 12.0. The second-order valence-electron chi connectivity index (χ2n) is 4.72. The van der Waals surface area contributed by atoms with E-state index in [1.807, 2.05) is 13.0 Å². The first-order valence-corrected chi connectivity index (χ1v) is 6.14. The molecule has 0 unspecified atom stereocenters. The van der Waals surface area contributed by atoms with Gasteiger partial charge in [0.25, 0.3) is 0 Å². The minimum Gasteiger partial charge on any atom is -0.492 e. The van der Waals surface area contributed by atoms with Gasteiger partial charge in [-0.2, -0.15) is 0 Å². The van der Waals surface area contributed by atoms with Crippen molar-refractivity contribution >= 4 is 5.97 Å². The van der Waals surface area contributed by atoms with Crippen molar-refractivity contribution in [1.82, 2.24) is 0 Å². The van der Waals surface area contributed by atoms with Crippen molar-refractivity contribution < 1.29 is 14.6 Å². The van der Waals surface area contributed by atoms with Crippen molar-refractivity contribution in [1.29, 1.82) is 0 Å². The van der Waals surface area contributed by atoms with Crippen molar-refractivity contribution in [3.63, 3.8) is 0 Å². The Bertz CT molecular complexity index is 406. The summed E-state index contributed by atoms with van der Waals surface area (Å²) in [6.07, 6.45) is 4.95. The van der Waals surface area contributed by atoms with Crippen LogP contribution in [-0.2, 0) is 0 Å². The van der Waals surface area contributed by atoms with Crippen molar-refractivity contribution in [2.45, 2.75) is 32.6 Å². The number of hydrogen-bond donors (Lipinski definition) is 1. The Labute approximate surface area is 101 Å². The Morgan fingerprint density at radius 1 is 1.41 bits per heavy atom. The molecule has 0 amide bonds. The van der Waals surface area contributed by atoms with Crippen LogP contribution in [0.3, 0.4) is 0 Å². The van der Waals surface area contributed by atoms with E-state index in [0.29, 0.717) is 18.3 Å². The third-order valence-corrected chi connectivity index (χ3v) is 3.38. The van der Waals surface area contributed by atoms with Crippen LogP contribution in [0.4, 0.5) is 0 Å². The van der Waals surface area contributed by atoms with Crippen molar-refractivity contribution in [3.05, 3.63) is 29.3 Å². The molecule has 0 aromatic heterocycles. The third kappa shape index (κ3) is 2.78. The zero-order valence-corrected chi connectivity index (χ0v) is 10.1. The van der Waals surface area contributed by atoms with Gasteiger partial charge in [-0.3, -0.25) is 0 Å². The van der Waals surface area contributed by atoms with E-state index in [4.69, 9.17) is 9.84 Å². The highest BCUT2D eigenvalue weighted by Gasteiger charge is 2.18. The number of carboxylic acids is 1. The quantitative estimate of drug-likeness (QED) is 0.869. The van der Waals surface area contributed by atoms with E-state index in [2.05, 4.69) is 0 Å². The summed E-state index contributed by atoms with van der Waals surface area (Å²) in [7, 11) is 0. The van der Waals surface area contributed by atoms with Crippen LogP contribution in [0.2, 0.25) is 0 Å². The average Bonchev–Trinajstić information content (AvgIpc) is 2.80. The van der Waals surface area contributed by atoms with Gasteiger partial charge in [-0.1, -0.05) is 25.0 Å². The largest absolute Gasteiger partial charge is 0.492 e. The molecule has 0 atom stereocenters. The Morgan fingerprint density at radius 2 is 2.12 bits per heavy atom. The maximum absolute atomic E-state index is 11.1. The summed E-state index contributed by atoms with van der Waals surface area (Å²) in [6.45, 7) is 2.53. The molecular weight excluding hydrogens is 216 g/mol. The van der Waals surface area contributed by atoms with Gasteiger partial charge in [-0.15, -0.1) is 0 Å². The highest BCUT2D eigenvalue weighted by Crippen LogP contribution is 2.28. The molecule has 0 aliphatic heterocycles. The van der Waals surface area contributed by atoms with Crippen molar-refractivity contribution in [3.8, 4) is 5.75 Å². The number of benzene rings is 1. The van der Waals surface area contributed by atoms with Crippen molar-refractivity contribution in [2.24, 2.45) is 5.92 Å². The first-order valence-electron chi connectivity index (χ1n) is 6.14. The summed E-state index contributed by atoms with van der Waals surface area (Å²) in [4.78, 5) is 11.1. The smallest absolute Gasteiger partial charge is 0.339 e. The van der Waals surface area contributed by atoms with Gasteiger partial charge in [-0.05, 0) is 37.3 Å². The average molecular weight is 234 g/mol. The molecule has 0 bridgehead atoms. The standard InChI is InChI=1S/C14H18O3/c1-10-5-4-8-12(14(15)16)13(10)17-9-11-6-2-3-7-11/h4-5,8,11H,2-3,6-7,9H2,1H3,(H,15,16). The van der Waals surface area contributed by atoms with Crippen LogP contribution in [0.25, 0.3) is 0 Å². The van der Waals surface area contributed by atoms with Gasteiger partial charge in [0.05, 0.1) is 6.61 Å². The van der Waals surface area contributed by atoms with Gasteiger partial charge in [0.15, 0.2) is 0 Å². The van der Waals surface area contributed by atoms with Gasteiger partial charge in [0, 0.05) is 0 Å². The molecule has 3 heteroatoms. The van der Waals surface area contributed by atoms with Gasteiger partial charge in [0.2, 0.25) is 0 Å². The number of rotatable bonds is 4. The molecule has 1 fully saturated rings. The van der Waals surface area contributed by atoms with E-state index in [1.54, 1.807) is 12.1 Å². The van der Waals surface area contributed by atoms with E-state index in [9.17, 15) is 4.79 Å². The Morgan fingerprint density at radius 3 is 2.76 bits per heavy atom. The van der Waals surface area contributed by atoms with Crippen LogP contribution < -0.4 is 4.74 Å². The normalized spacial score (nSPS) is 16.1. The van der Waals surface area contributed by atoms with Crippen LogP contribution in [0, 0.1) is 12.8 Å². The lowest BCUT2D eigenvalue weighted by atomic mass is 10.1. The molecule has 92 valence electrons. The zero-order valence-electron chi connectivity index (χ0n) is 10.1. The van der Waals surface area contributed by atoms with Gasteiger partial charge in [0.1, 0.15) is 11.3 Å². The van der Waals surface area contributed by atoms with Crippen LogP contribution in [0.5, 0.6) is 5.75 Å². The summed E-state index contributed by atoms with van der Waals surface area (Å²) in [5, 5.41) is 9.10. The van der Waals surface area contributed by atoms with Crippen LogP contribution >= 0.6 is 0 Å². The number of aromatic carboxylic acids is 1. The van der Waals surface area contributed by atoms with Gasteiger partial charge >= 0.3 is 5.97 Å². The van der Waals surface area contributed by atoms with Crippen LogP contribution in [-0.4, -0.2) is 17.7 Å². The molecule has 1 aliphatic rings. The summed E-state index contributed by atoms with van der Waals surface area (Å²) in [5.74, 6) is 0.207. The van der Waals surface area contributed by atoms with Crippen LogP contribution in [0.1, 0.15) is 41.6 Å². The summed E-state index contributed by atoms with van der Waals surface area (Å²) < 4.78 is 5.73. The fourth-order valence-electron chi connectivity index (χ4n) is 2.39. The predicted molar refractivity (Wildman–Crippen MR) is 65.6 cm³/mol. The second-order valence-corrected chi connectivity index (χ2v) is 4.72. The molecule has 1 aromatic carbocycles. The maximum atomic E-state index is 11.1. The number of aryl methyl sites for hydroxylation is 1. The van der Waals surface area contributed by atoms with E-state index < -0.39 is 5.97 Å². The lowest BCUT2D eigenvalue weighted by Gasteiger charge is -2.15. The van der Waals surface area contributed by atoms with Crippen LogP contribution in [0.15, 0.2) is 18.2 Å². The van der Waals surface area contributed by atoms with E-state index in [0.717, 1.165) is 5.56 Å². The summed E-state index contributed by atoms with van der Waals surface area (Å²) in [6, 6.07) is 5.23. The molecule has 0 saturated heterocycles. The van der Waals surface area contributed by atoms with E-state index >= 15 is 0 Å². The minimum absolute atomic E-state index is 0.267. The highest BCUT2D eigenvalue weighted by atomic mass is 16.5. The molecule has 3 nitrogen and oxygen atoms in total. The highest BCUT2D eigenvalue weighted by molar-refractivity contribution is 5.91. The lowest BCUT2D eigenvalue weighted by molar-refractivity contribution is 0.0691. The molecule has 0 radical (unpaired) electrons. The molecule has 17 heavy (non-hydrogen) atoms. The number of carboxylic acid groups (broad SMARTS) is 1. The Hall–Kier alpha value is -1.51. The number of para-hydroxylation sites is 1. The number of ether oxygens (including phenoxy) is 1. The molecule has 1 N–H and O–H groups in total. The van der Waals surface area contributed by atoms with Gasteiger partial charge in [-0.25, -0.2) is 4.79 Å². The molecule has 1 aliphatic carbocycles. The summed E-state index contributed by atoms with van der Waals surface area (Å²) in [5.41, 5.74) is 1.16. The molecule has 1 aromatic rings. The lowest BCUT2D eigenvalue weighted by Crippen LogP contribution is -2.11. The van der Waals surface area contributed by atoms with E-state index in [1.165, 1.54) is 25.7 Å². The van der Waals surface area contributed by atoms with E-state index in [-0.39, 0.29) is 5.56 Å². The second kappa shape index (κ2) is 5.21. The Kier molecular flexibility index (Phi) is 3.67. The number of hydrogen-bond acceptors (Lipinski definition) is 2. The molecular formula is C14H18O3. The molecule has 2 rings (SSSR count). The molecule has 0 spiro atoms. The first-order chi connectivity index (χ1) is 8.18. The molecule has 1 saturated carbocycles. The molecule has 0 heterocycles. The third-order valence-electron chi connectivity index (χ3n) is 3.38. The minimum atomic E-state index is -0.921. The topological polar surface area (TPSA) is 46.5 Å². The number of carbonyl (C=O) groups is 1. The zero-order chi connectivity index (χ0) is 12.3. The fraction of sp³-hybridized carbons (Fsp3) is 0.500. The SMILES string of the molecule is Cc1cccc(C(=O)O)c1OCC1CCCC1. The fourth-order valence-corrected chi connectivity index (χ4v) is 2.39. The summed E-state index contributed by atoms with van der Waals surface area (Å²) >= 11 is 0. The Balaban J connectivity index is 2.10. The predicted octanol–water partition coefficient (Wildman–Crippen LogP) is 3.26. The van der Waals surface area contributed by atoms with Crippen molar-refractivity contribution in [2.75, 3.05) is 6.61 Å².